The molecule has 21 heavy (non-hydrogen) atoms. The van der Waals surface area contributed by atoms with Crippen LogP contribution in [0.15, 0.2) is 0 Å². The lowest BCUT2D eigenvalue weighted by Crippen LogP contribution is -2.51. The summed E-state index contributed by atoms with van der Waals surface area (Å²) in [4.78, 5) is 25.8. The van der Waals surface area contributed by atoms with E-state index in [2.05, 4.69) is 0 Å². The van der Waals surface area contributed by atoms with E-state index in [1.807, 2.05) is 0 Å². The summed E-state index contributed by atoms with van der Waals surface area (Å²) in [5.41, 5.74) is 0. The number of alkyl halides is 3. The van der Waals surface area contributed by atoms with Crippen LogP contribution in [0.4, 0.5) is 18.0 Å². The number of amides is 2. The molecule has 1 N–H and O–H groups in total. The Bertz CT molecular complexity index is 379. The maximum Gasteiger partial charge on any atom is 0.391 e. The molecule has 1 saturated heterocycles. The van der Waals surface area contributed by atoms with Crippen molar-refractivity contribution < 1.29 is 27.9 Å². The van der Waals surface area contributed by atoms with Crippen molar-refractivity contribution in [3.8, 4) is 0 Å². The van der Waals surface area contributed by atoms with Gasteiger partial charge in [-0.15, -0.1) is 0 Å². The minimum atomic E-state index is -4.21. The van der Waals surface area contributed by atoms with Gasteiger partial charge >= 0.3 is 18.2 Å². The highest BCUT2D eigenvalue weighted by molar-refractivity contribution is 5.76. The fourth-order valence-corrected chi connectivity index (χ4v) is 2.58. The van der Waals surface area contributed by atoms with E-state index in [0.29, 0.717) is 6.54 Å². The molecule has 122 valence electrons. The van der Waals surface area contributed by atoms with Gasteiger partial charge in [0.2, 0.25) is 0 Å². The highest BCUT2D eigenvalue weighted by Crippen LogP contribution is 2.34. The van der Waals surface area contributed by atoms with Crippen LogP contribution < -0.4 is 0 Å². The van der Waals surface area contributed by atoms with E-state index in [1.54, 1.807) is 13.8 Å². The average Bonchev–Trinajstić information content (AvgIpc) is 2.37. The topological polar surface area (TPSA) is 60.9 Å². The van der Waals surface area contributed by atoms with Crippen LogP contribution in [0.3, 0.4) is 0 Å². The predicted molar refractivity (Wildman–Crippen MR) is 69.8 cm³/mol. The van der Waals surface area contributed by atoms with Gasteiger partial charge in [-0.2, -0.15) is 13.2 Å². The van der Waals surface area contributed by atoms with Crippen LogP contribution in [0, 0.1) is 5.92 Å². The second-order valence-corrected chi connectivity index (χ2v) is 5.32. The van der Waals surface area contributed by atoms with E-state index in [4.69, 9.17) is 5.11 Å². The quantitative estimate of drug-likeness (QED) is 0.868. The van der Waals surface area contributed by atoms with Crippen LogP contribution in [-0.2, 0) is 4.79 Å². The summed E-state index contributed by atoms with van der Waals surface area (Å²) in [6, 6.07) is -0.868. The number of urea groups is 1. The molecule has 1 fully saturated rings. The zero-order chi connectivity index (χ0) is 16.2. The molecular weight excluding hydrogens is 289 g/mol. The Morgan fingerprint density at radius 1 is 1.33 bits per heavy atom. The Labute approximate surface area is 121 Å². The van der Waals surface area contributed by atoms with E-state index >= 15 is 0 Å². The summed E-state index contributed by atoms with van der Waals surface area (Å²) in [7, 11) is 0. The van der Waals surface area contributed by atoms with Crippen LogP contribution in [0.25, 0.3) is 0 Å². The molecule has 0 aliphatic carbocycles. The molecule has 0 aromatic carbocycles. The smallest absolute Gasteiger partial charge is 0.391 e. The number of carboxylic acid groups (broad SMARTS) is 1. The Morgan fingerprint density at radius 3 is 2.24 bits per heavy atom. The summed E-state index contributed by atoms with van der Waals surface area (Å²) in [6.07, 6.45) is -4.59. The third-order valence-corrected chi connectivity index (χ3v) is 3.82. The van der Waals surface area contributed by atoms with Gasteiger partial charge in [-0.05, 0) is 26.7 Å². The van der Waals surface area contributed by atoms with Crippen LogP contribution in [-0.4, -0.2) is 58.8 Å². The summed E-state index contributed by atoms with van der Waals surface area (Å²) < 4.78 is 37.8. The second kappa shape index (κ2) is 7.00. The molecule has 8 heteroatoms. The minimum absolute atomic E-state index is 0.0549. The zero-order valence-electron chi connectivity index (χ0n) is 12.2. The first-order valence-corrected chi connectivity index (χ1v) is 7.00. The molecular formula is C13H21F3N2O3. The van der Waals surface area contributed by atoms with Crippen LogP contribution in [0.1, 0.15) is 33.1 Å². The number of piperidine rings is 1. The number of carbonyl (C=O) groups excluding carboxylic acids is 1. The number of halogens is 3. The number of hydrogen-bond donors (Lipinski definition) is 1. The third-order valence-electron chi connectivity index (χ3n) is 3.82. The van der Waals surface area contributed by atoms with Gasteiger partial charge in [-0.3, -0.25) is 4.79 Å². The standard InChI is InChI=1S/C13H21F3N2O3/c1-3-18(9(2)8-11(19)20)12(21)17-6-4-10(5-7-17)13(14,15)16/h9-10H,3-8H2,1-2H3,(H,19,20). The minimum Gasteiger partial charge on any atom is -0.481 e. The Balaban J connectivity index is 2.61. The Kier molecular flexibility index (Phi) is 5.86. The lowest BCUT2D eigenvalue weighted by molar-refractivity contribution is -0.183. The van der Waals surface area contributed by atoms with E-state index < -0.39 is 24.1 Å². The van der Waals surface area contributed by atoms with E-state index in [-0.39, 0.29) is 38.4 Å². The molecule has 0 aromatic heterocycles. The summed E-state index contributed by atoms with van der Waals surface area (Å²) in [5.74, 6) is -2.36. The first-order chi connectivity index (χ1) is 9.66. The summed E-state index contributed by atoms with van der Waals surface area (Å²) in [5, 5.41) is 8.77. The van der Waals surface area contributed by atoms with Gasteiger partial charge in [0.1, 0.15) is 0 Å². The number of carboxylic acids is 1. The Morgan fingerprint density at radius 2 is 1.86 bits per heavy atom. The largest absolute Gasteiger partial charge is 0.481 e. The normalized spacial score (nSPS) is 18.4. The average molecular weight is 310 g/mol. The van der Waals surface area contributed by atoms with Gasteiger partial charge in [-0.25, -0.2) is 4.79 Å². The van der Waals surface area contributed by atoms with Crippen molar-refractivity contribution in [2.75, 3.05) is 19.6 Å². The van der Waals surface area contributed by atoms with Crippen LogP contribution in [0.2, 0.25) is 0 Å². The van der Waals surface area contributed by atoms with E-state index in [1.165, 1.54) is 9.80 Å². The van der Waals surface area contributed by atoms with Crippen molar-refractivity contribution in [1.29, 1.82) is 0 Å². The van der Waals surface area contributed by atoms with Crippen molar-refractivity contribution in [3.63, 3.8) is 0 Å². The van der Waals surface area contributed by atoms with Gasteiger partial charge in [0.15, 0.2) is 0 Å². The molecule has 0 spiro atoms. The van der Waals surface area contributed by atoms with Crippen molar-refractivity contribution in [1.82, 2.24) is 9.80 Å². The predicted octanol–water partition coefficient (Wildman–Crippen LogP) is 2.57. The van der Waals surface area contributed by atoms with Crippen LogP contribution >= 0.6 is 0 Å². The molecule has 0 saturated carbocycles. The molecule has 1 aliphatic heterocycles. The molecule has 0 bridgehead atoms. The van der Waals surface area contributed by atoms with Gasteiger partial charge in [-0.1, -0.05) is 0 Å². The first kappa shape index (κ1) is 17.6. The molecule has 0 radical (unpaired) electrons. The molecule has 1 rings (SSSR count). The fraction of sp³-hybridized carbons (Fsp3) is 0.846. The molecule has 0 aromatic rings. The lowest BCUT2D eigenvalue weighted by Gasteiger charge is -2.37. The lowest BCUT2D eigenvalue weighted by atomic mass is 9.96. The monoisotopic (exact) mass is 310 g/mol. The third kappa shape index (κ3) is 4.78. The highest BCUT2D eigenvalue weighted by Gasteiger charge is 2.42. The second-order valence-electron chi connectivity index (χ2n) is 5.32. The zero-order valence-corrected chi connectivity index (χ0v) is 12.2. The highest BCUT2D eigenvalue weighted by atomic mass is 19.4. The van der Waals surface area contributed by atoms with Gasteiger partial charge in [0.25, 0.3) is 0 Å². The molecule has 2 amide bonds. The number of rotatable bonds is 4. The maximum atomic E-state index is 12.6. The number of nitrogens with zero attached hydrogens (tertiary/aromatic N) is 2. The van der Waals surface area contributed by atoms with Crippen LogP contribution in [0.5, 0.6) is 0 Å². The first-order valence-electron chi connectivity index (χ1n) is 7.00. The number of likely N-dealkylation sites (tertiary alicyclic amines) is 1. The number of hydrogen-bond acceptors (Lipinski definition) is 2. The van der Waals surface area contributed by atoms with E-state index in [9.17, 15) is 22.8 Å². The molecule has 1 atom stereocenters. The van der Waals surface area contributed by atoms with Crippen molar-refractivity contribution in [2.24, 2.45) is 5.92 Å². The molecule has 1 heterocycles. The van der Waals surface area contributed by atoms with Gasteiger partial charge < -0.3 is 14.9 Å². The molecule has 1 unspecified atom stereocenters. The van der Waals surface area contributed by atoms with Gasteiger partial charge in [0, 0.05) is 25.7 Å². The molecule has 1 aliphatic rings. The summed E-state index contributed by atoms with van der Waals surface area (Å²) in [6.45, 7) is 3.78. The fourth-order valence-electron chi connectivity index (χ4n) is 2.58. The molecule has 5 nitrogen and oxygen atoms in total. The maximum absolute atomic E-state index is 12.6. The summed E-state index contributed by atoms with van der Waals surface area (Å²) >= 11 is 0. The number of carbonyl (C=O) groups is 2. The van der Waals surface area contributed by atoms with Crippen molar-refractivity contribution >= 4 is 12.0 Å². The van der Waals surface area contributed by atoms with Gasteiger partial charge in [0.05, 0.1) is 12.3 Å². The SMILES string of the molecule is CCN(C(=O)N1CCC(C(F)(F)F)CC1)C(C)CC(=O)O. The van der Waals surface area contributed by atoms with E-state index in [0.717, 1.165) is 0 Å². The van der Waals surface area contributed by atoms with Crippen molar-refractivity contribution in [2.45, 2.75) is 45.3 Å². The Hall–Kier alpha value is -1.47. The number of aliphatic carboxylic acids is 1. The van der Waals surface area contributed by atoms with Crippen molar-refractivity contribution in [3.05, 3.63) is 0 Å².